The van der Waals surface area contributed by atoms with Gasteiger partial charge in [-0.3, -0.25) is 4.79 Å². The quantitative estimate of drug-likeness (QED) is 0.428. The minimum atomic E-state index is -0.0843. The molecule has 1 N–H and O–H groups in total. The molecule has 0 aromatic heterocycles. The standard InChI is InChI=1S/C13H14O2.C2H6.C2H2/c1-13(2)7-9(8-14)12(15)10-5-3-4-6-11(10)13;2*1-2/h3-6,8,14H,7H2,1-2H3;1-2H3;1-2H/b9-8-;;. The number of fused-ring (bicyclic) bond motifs is 1. The number of aliphatic hydroxyl groups excluding tert-OH is 1. The van der Waals surface area contributed by atoms with E-state index in [-0.39, 0.29) is 11.2 Å². The van der Waals surface area contributed by atoms with Crippen molar-refractivity contribution in [2.24, 2.45) is 0 Å². The SMILES string of the molecule is C#C.CC.CC1(C)C/C(=C/O)C(=O)c2ccccc21. The van der Waals surface area contributed by atoms with E-state index < -0.39 is 0 Å². The molecule has 0 saturated carbocycles. The second kappa shape index (κ2) is 7.43. The van der Waals surface area contributed by atoms with Gasteiger partial charge in [0.25, 0.3) is 0 Å². The summed E-state index contributed by atoms with van der Waals surface area (Å²) in [7, 11) is 0. The second-order valence-corrected chi connectivity index (χ2v) is 4.59. The van der Waals surface area contributed by atoms with Gasteiger partial charge in [-0.05, 0) is 17.4 Å². The third-order valence-electron chi connectivity index (χ3n) is 2.98. The molecule has 2 nitrogen and oxygen atoms in total. The zero-order valence-corrected chi connectivity index (χ0v) is 12.1. The Morgan fingerprint density at radius 1 is 1.21 bits per heavy atom. The average molecular weight is 258 g/mol. The average Bonchev–Trinajstić information content (AvgIpc) is 2.47. The summed E-state index contributed by atoms with van der Waals surface area (Å²) in [6, 6.07) is 7.61. The Labute approximate surface area is 116 Å². The van der Waals surface area contributed by atoms with Crippen molar-refractivity contribution in [3.63, 3.8) is 0 Å². The number of benzene rings is 1. The predicted octanol–water partition coefficient (Wildman–Crippen LogP) is 4.27. The van der Waals surface area contributed by atoms with E-state index in [0.717, 1.165) is 11.8 Å². The number of aliphatic hydroxyl groups is 1. The summed E-state index contributed by atoms with van der Waals surface area (Å²) < 4.78 is 0. The molecule has 1 aromatic rings. The van der Waals surface area contributed by atoms with E-state index in [9.17, 15) is 4.79 Å². The first-order valence-corrected chi connectivity index (χ1v) is 6.37. The van der Waals surface area contributed by atoms with Crippen LogP contribution in [0.4, 0.5) is 0 Å². The molecule has 2 rings (SSSR count). The third-order valence-corrected chi connectivity index (χ3v) is 2.98. The van der Waals surface area contributed by atoms with E-state index in [0.29, 0.717) is 17.6 Å². The van der Waals surface area contributed by atoms with Crippen molar-refractivity contribution < 1.29 is 9.90 Å². The molecule has 0 aliphatic heterocycles. The van der Waals surface area contributed by atoms with E-state index >= 15 is 0 Å². The zero-order valence-electron chi connectivity index (χ0n) is 12.1. The maximum atomic E-state index is 11.9. The van der Waals surface area contributed by atoms with Crippen LogP contribution in [0.5, 0.6) is 0 Å². The number of ketones is 1. The maximum Gasteiger partial charge on any atom is 0.192 e. The van der Waals surface area contributed by atoms with Crippen molar-refractivity contribution in [2.45, 2.75) is 39.5 Å². The molecule has 0 unspecified atom stereocenters. The van der Waals surface area contributed by atoms with Crippen LogP contribution in [-0.4, -0.2) is 10.9 Å². The van der Waals surface area contributed by atoms with Gasteiger partial charge in [0.05, 0.1) is 6.26 Å². The molecule has 19 heavy (non-hydrogen) atoms. The van der Waals surface area contributed by atoms with Crippen molar-refractivity contribution in [1.82, 2.24) is 0 Å². The zero-order chi connectivity index (χ0) is 15.1. The normalized spacial score (nSPS) is 17.4. The van der Waals surface area contributed by atoms with Crippen LogP contribution in [-0.2, 0) is 5.41 Å². The number of allylic oxidation sites excluding steroid dienone is 1. The number of rotatable bonds is 0. The molecule has 0 atom stereocenters. The van der Waals surface area contributed by atoms with Gasteiger partial charge in [-0.25, -0.2) is 0 Å². The van der Waals surface area contributed by atoms with Crippen molar-refractivity contribution >= 4 is 5.78 Å². The molecular weight excluding hydrogens is 236 g/mol. The highest BCUT2D eigenvalue weighted by Gasteiger charge is 2.34. The Balaban J connectivity index is 0.000000741. The van der Waals surface area contributed by atoms with Crippen molar-refractivity contribution in [2.75, 3.05) is 0 Å². The second-order valence-electron chi connectivity index (χ2n) is 4.59. The number of carbonyl (C=O) groups is 1. The molecule has 0 bridgehead atoms. The van der Waals surface area contributed by atoms with Crippen molar-refractivity contribution in [3.05, 3.63) is 47.2 Å². The highest BCUT2D eigenvalue weighted by atomic mass is 16.2. The first-order chi connectivity index (χ1) is 9.06. The molecule has 1 aliphatic rings. The van der Waals surface area contributed by atoms with Gasteiger partial charge in [0, 0.05) is 11.1 Å². The fraction of sp³-hybridized carbons (Fsp3) is 0.353. The summed E-state index contributed by atoms with van der Waals surface area (Å²) in [5.41, 5.74) is 2.20. The Morgan fingerprint density at radius 3 is 2.26 bits per heavy atom. The van der Waals surface area contributed by atoms with E-state index in [2.05, 4.69) is 26.7 Å². The summed E-state index contributed by atoms with van der Waals surface area (Å²) in [5, 5.41) is 9.04. The predicted molar refractivity (Wildman–Crippen MR) is 80.4 cm³/mol. The van der Waals surface area contributed by atoms with Gasteiger partial charge in [-0.2, -0.15) is 0 Å². The first-order valence-electron chi connectivity index (χ1n) is 6.37. The fourth-order valence-corrected chi connectivity index (χ4v) is 2.20. The lowest BCUT2D eigenvalue weighted by atomic mass is 9.70. The molecule has 1 aromatic carbocycles. The molecular formula is C17H22O2. The van der Waals surface area contributed by atoms with Gasteiger partial charge >= 0.3 is 0 Å². The van der Waals surface area contributed by atoms with Crippen LogP contribution in [0.15, 0.2) is 36.1 Å². The molecule has 0 fully saturated rings. The summed E-state index contributed by atoms with van der Waals surface area (Å²) in [6.45, 7) is 8.17. The molecule has 0 amide bonds. The van der Waals surface area contributed by atoms with Crippen molar-refractivity contribution in [1.29, 1.82) is 0 Å². The van der Waals surface area contributed by atoms with E-state index in [4.69, 9.17) is 5.11 Å². The van der Waals surface area contributed by atoms with Crippen LogP contribution >= 0.6 is 0 Å². The van der Waals surface area contributed by atoms with Crippen LogP contribution in [0.1, 0.15) is 50.0 Å². The summed E-state index contributed by atoms with van der Waals surface area (Å²) in [6.07, 6.45) is 9.54. The molecule has 0 radical (unpaired) electrons. The third kappa shape index (κ3) is 3.48. The van der Waals surface area contributed by atoms with Crippen LogP contribution < -0.4 is 0 Å². The highest BCUT2D eigenvalue weighted by Crippen LogP contribution is 2.38. The van der Waals surface area contributed by atoms with Gasteiger partial charge in [0.2, 0.25) is 0 Å². The van der Waals surface area contributed by atoms with Gasteiger partial charge in [0.15, 0.2) is 5.78 Å². The van der Waals surface area contributed by atoms with Crippen LogP contribution in [0.25, 0.3) is 0 Å². The Hall–Kier alpha value is -2.01. The highest BCUT2D eigenvalue weighted by molar-refractivity contribution is 6.11. The summed E-state index contributed by atoms with van der Waals surface area (Å²) in [5.74, 6) is -0.0487. The van der Waals surface area contributed by atoms with Gasteiger partial charge in [0.1, 0.15) is 0 Å². The Kier molecular flexibility index (Phi) is 6.64. The molecule has 102 valence electrons. The van der Waals surface area contributed by atoms with E-state index in [1.165, 1.54) is 0 Å². The lowest BCUT2D eigenvalue weighted by molar-refractivity contribution is 0.101. The molecule has 0 spiro atoms. The van der Waals surface area contributed by atoms with Gasteiger partial charge < -0.3 is 5.11 Å². The van der Waals surface area contributed by atoms with Gasteiger partial charge in [-0.1, -0.05) is 52.0 Å². The lowest BCUT2D eigenvalue weighted by Crippen LogP contribution is -2.29. The number of hydrogen-bond acceptors (Lipinski definition) is 2. The topological polar surface area (TPSA) is 37.3 Å². The summed E-state index contributed by atoms with van der Waals surface area (Å²) in [4.78, 5) is 11.9. The maximum absolute atomic E-state index is 11.9. The minimum Gasteiger partial charge on any atom is -0.515 e. The Bertz CT molecular complexity index is 479. The summed E-state index contributed by atoms with van der Waals surface area (Å²) >= 11 is 0. The Morgan fingerprint density at radius 2 is 1.74 bits per heavy atom. The van der Waals surface area contributed by atoms with Crippen molar-refractivity contribution in [3.8, 4) is 12.8 Å². The number of terminal acetylenes is 1. The first kappa shape index (κ1) is 17.0. The fourth-order valence-electron chi connectivity index (χ4n) is 2.20. The van der Waals surface area contributed by atoms with Gasteiger partial charge in [-0.15, -0.1) is 12.8 Å². The molecule has 2 heteroatoms. The lowest BCUT2D eigenvalue weighted by Gasteiger charge is -2.32. The molecule has 0 saturated heterocycles. The smallest absolute Gasteiger partial charge is 0.192 e. The number of hydrogen-bond donors (Lipinski definition) is 1. The largest absolute Gasteiger partial charge is 0.515 e. The molecule has 0 heterocycles. The minimum absolute atomic E-state index is 0.0487. The van der Waals surface area contributed by atoms with Crippen LogP contribution in [0, 0.1) is 12.8 Å². The van der Waals surface area contributed by atoms with Crippen LogP contribution in [0.3, 0.4) is 0 Å². The number of carbonyl (C=O) groups excluding carboxylic acids is 1. The van der Waals surface area contributed by atoms with E-state index in [1.807, 2.05) is 38.1 Å². The number of Topliss-reactive ketones (excluding diaryl/α,β-unsaturated/α-hetero) is 1. The molecule has 1 aliphatic carbocycles. The monoisotopic (exact) mass is 258 g/mol. The van der Waals surface area contributed by atoms with E-state index in [1.54, 1.807) is 0 Å². The van der Waals surface area contributed by atoms with Crippen LogP contribution in [0.2, 0.25) is 0 Å².